The standard InChI is InChI=1S/C19H21NOS/c1-4-22-18-11-9-16(10-12-18)19(21)13-8-15-6-5-7-17(14-15)20(2)3/h5-14H,4H2,1-3H3/b13-8+. The Balaban J connectivity index is 2.09. The SMILES string of the molecule is CCSc1ccc(C(=O)/C=C/c2cccc(N(C)C)c2)cc1. The highest BCUT2D eigenvalue weighted by atomic mass is 32.2. The third kappa shape index (κ3) is 4.50. The van der Waals surface area contributed by atoms with E-state index in [2.05, 4.69) is 13.0 Å². The first-order chi connectivity index (χ1) is 10.6. The number of anilines is 1. The molecule has 0 aromatic heterocycles. The maximum absolute atomic E-state index is 12.2. The molecule has 0 fully saturated rings. The van der Waals surface area contributed by atoms with Gasteiger partial charge in [0.25, 0.3) is 0 Å². The Labute approximate surface area is 136 Å². The van der Waals surface area contributed by atoms with Crippen LogP contribution >= 0.6 is 11.8 Å². The number of thioether (sulfide) groups is 1. The third-order valence-electron chi connectivity index (χ3n) is 3.26. The van der Waals surface area contributed by atoms with Gasteiger partial charge in [0.2, 0.25) is 0 Å². The number of rotatable bonds is 6. The Hall–Kier alpha value is -2.00. The van der Waals surface area contributed by atoms with Gasteiger partial charge in [-0.1, -0.05) is 25.1 Å². The van der Waals surface area contributed by atoms with Crippen LogP contribution in [0.4, 0.5) is 5.69 Å². The van der Waals surface area contributed by atoms with E-state index in [1.807, 2.05) is 67.5 Å². The van der Waals surface area contributed by atoms with E-state index < -0.39 is 0 Å². The summed E-state index contributed by atoms with van der Waals surface area (Å²) in [6.07, 6.45) is 3.50. The molecule has 0 amide bonds. The van der Waals surface area contributed by atoms with Crippen LogP contribution in [0.2, 0.25) is 0 Å². The van der Waals surface area contributed by atoms with Gasteiger partial charge >= 0.3 is 0 Å². The van der Waals surface area contributed by atoms with Crippen molar-refractivity contribution >= 4 is 29.3 Å². The minimum absolute atomic E-state index is 0.0308. The molecule has 3 heteroatoms. The number of nitrogens with zero attached hydrogens (tertiary/aromatic N) is 1. The van der Waals surface area contributed by atoms with Gasteiger partial charge in [-0.2, -0.15) is 0 Å². The predicted octanol–water partition coefficient (Wildman–Crippen LogP) is 4.76. The van der Waals surface area contributed by atoms with E-state index in [1.165, 1.54) is 4.90 Å². The van der Waals surface area contributed by atoms with E-state index in [0.29, 0.717) is 0 Å². The van der Waals surface area contributed by atoms with Crippen molar-refractivity contribution in [2.45, 2.75) is 11.8 Å². The van der Waals surface area contributed by atoms with Gasteiger partial charge in [-0.15, -0.1) is 11.8 Å². The molecule has 0 saturated carbocycles. The lowest BCUT2D eigenvalue weighted by atomic mass is 10.1. The predicted molar refractivity (Wildman–Crippen MR) is 97.0 cm³/mol. The van der Waals surface area contributed by atoms with Crippen LogP contribution < -0.4 is 4.90 Å². The topological polar surface area (TPSA) is 20.3 Å². The lowest BCUT2D eigenvalue weighted by Crippen LogP contribution is -2.08. The van der Waals surface area contributed by atoms with E-state index in [-0.39, 0.29) is 5.78 Å². The van der Waals surface area contributed by atoms with Crippen molar-refractivity contribution in [1.82, 2.24) is 0 Å². The normalized spacial score (nSPS) is 10.9. The molecule has 0 bridgehead atoms. The van der Waals surface area contributed by atoms with Gasteiger partial charge < -0.3 is 4.90 Å². The zero-order valence-electron chi connectivity index (χ0n) is 13.2. The number of benzene rings is 2. The van der Waals surface area contributed by atoms with Crippen molar-refractivity contribution in [2.24, 2.45) is 0 Å². The van der Waals surface area contributed by atoms with Crippen LogP contribution in [0.1, 0.15) is 22.8 Å². The number of carbonyl (C=O) groups excluding carboxylic acids is 1. The monoisotopic (exact) mass is 311 g/mol. The Morgan fingerprint density at radius 1 is 1.14 bits per heavy atom. The molecular formula is C19H21NOS. The first-order valence-electron chi connectivity index (χ1n) is 7.33. The second kappa shape index (κ2) is 7.85. The molecule has 114 valence electrons. The quantitative estimate of drug-likeness (QED) is 0.436. The average Bonchev–Trinajstić information content (AvgIpc) is 2.54. The van der Waals surface area contributed by atoms with Crippen LogP contribution in [0.25, 0.3) is 6.08 Å². The van der Waals surface area contributed by atoms with Crippen LogP contribution in [-0.2, 0) is 0 Å². The fourth-order valence-electron chi connectivity index (χ4n) is 2.06. The van der Waals surface area contributed by atoms with Crippen molar-refractivity contribution in [2.75, 3.05) is 24.7 Å². The fourth-order valence-corrected chi connectivity index (χ4v) is 2.72. The minimum Gasteiger partial charge on any atom is -0.378 e. The first kappa shape index (κ1) is 16.4. The van der Waals surface area contributed by atoms with Crippen LogP contribution in [0.15, 0.2) is 59.5 Å². The number of hydrogen-bond donors (Lipinski definition) is 0. The molecule has 0 heterocycles. The number of hydrogen-bond acceptors (Lipinski definition) is 3. The second-order valence-electron chi connectivity index (χ2n) is 5.14. The second-order valence-corrected chi connectivity index (χ2v) is 6.48. The maximum atomic E-state index is 12.2. The van der Waals surface area contributed by atoms with E-state index >= 15 is 0 Å². The summed E-state index contributed by atoms with van der Waals surface area (Å²) < 4.78 is 0. The van der Waals surface area contributed by atoms with Gasteiger partial charge in [0.15, 0.2) is 5.78 Å². The number of ketones is 1. The molecule has 0 aliphatic heterocycles. The molecule has 2 nitrogen and oxygen atoms in total. The Bertz CT molecular complexity index is 659. The fraction of sp³-hybridized carbons (Fsp3) is 0.211. The molecule has 0 N–H and O–H groups in total. The van der Waals surface area contributed by atoms with E-state index in [1.54, 1.807) is 17.8 Å². The van der Waals surface area contributed by atoms with E-state index in [4.69, 9.17) is 0 Å². The summed E-state index contributed by atoms with van der Waals surface area (Å²) in [5.74, 6) is 1.07. The Morgan fingerprint density at radius 2 is 1.86 bits per heavy atom. The highest BCUT2D eigenvalue weighted by Gasteiger charge is 2.02. The minimum atomic E-state index is 0.0308. The lowest BCUT2D eigenvalue weighted by Gasteiger charge is -2.12. The van der Waals surface area contributed by atoms with Crippen molar-refractivity contribution in [1.29, 1.82) is 0 Å². The highest BCUT2D eigenvalue weighted by molar-refractivity contribution is 7.99. The highest BCUT2D eigenvalue weighted by Crippen LogP contribution is 2.18. The summed E-state index contributed by atoms with van der Waals surface area (Å²) in [5, 5.41) is 0. The largest absolute Gasteiger partial charge is 0.378 e. The summed E-state index contributed by atoms with van der Waals surface area (Å²) in [6.45, 7) is 2.12. The van der Waals surface area contributed by atoms with Gasteiger partial charge in [0.05, 0.1) is 0 Å². The Kier molecular flexibility index (Phi) is 5.84. The molecule has 22 heavy (non-hydrogen) atoms. The number of allylic oxidation sites excluding steroid dienone is 1. The van der Waals surface area contributed by atoms with Crippen molar-refractivity contribution in [3.8, 4) is 0 Å². The molecular weight excluding hydrogens is 290 g/mol. The molecule has 2 rings (SSSR count). The maximum Gasteiger partial charge on any atom is 0.185 e. The molecule has 0 unspecified atom stereocenters. The molecule has 0 atom stereocenters. The summed E-state index contributed by atoms with van der Waals surface area (Å²) in [5.41, 5.74) is 2.87. The third-order valence-corrected chi connectivity index (χ3v) is 4.16. The molecule has 0 radical (unpaired) electrons. The van der Waals surface area contributed by atoms with E-state index in [0.717, 1.165) is 22.6 Å². The molecule has 2 aromatic rings. The van der Waals surface area contributed by atoms with Gasteiger partial charge in [0, 0.05) is 30.2 Å². The van der Waals surface area contributed by atoms with Crippen molar-refractivity contribution in [3.05, 3.63) is 65.7 Å². The first-order valence-corrected chi connectivity index (χ1v) is 8.31. The van der Waals surface area contributed by atoms with Crippen LogP contribution in [0, 0.1) is 0 Å². The van der Waals surface area contributed by atoms with Crippen molar-refractivity contribution in [3.63, 3.8) is 0 Å². The summed E-state index contributed by atoms with van der Waals surface area (Å²) in [6, 6.07) is 15.9. The summed E-state index contributed by atoms with van der Waals surface area (Å²) in [4.78, 5) is 15.4. The molecule has 0 spiro atoms. The lowest BCUT2D eigenvalue weighted by molar-refractivity contribution is 0.104. The molecule has 0 aliphatic rings. The van der Waals surface area contributed by atoms with Gasteiger partial charge in [-0.05, 0) is 53.8 Å². The van der Waals surface area contributed by atoms with Crippen LogP contribution in [-0.4, -0.2) is 25.6 Å². The molecule has 2 aromatic carbocycles. The van der Waals surface area contributed by atoms with Crippen LogP contribution in [0.5, 0.6) is 0 Å². The number of carbonyl (C=O) groups is 1. The smallest absolute Gasteiger partial charge is 0.185 e. The van der Waals surface area contributed by atoms with Crippen molar-refractivity contribution < 1.29 is 4.79 Å². The zero-order valence-corrected chi connectivity index (χ0v) is 14.1. The summed E-state index contributed by atoms with van der Waals surface area (Å²) >= 11 is 1.78. The van der Waals surface area contributed by atoms with Gasteiger partial charge in [0.1, 0.15) is 0 Å². The van der Waals surface area contributed by atoms with Crippen LogP contribution in [0.3, 0.4) is 0 Å². The van der Waals surface area contributed by atoms with Gasteiger partial charge in [-0.3, -0.25) is 4.79 Å². The molecule has 0 aliphatic carbocycles. The Morgan fingerprint density at radius 3 is 2.50 bits per heavy atom. The summed E-state index contributed by atoms with van der Waals surface area (Å²) in [7, 11) is 4.01. The van der Waals surface area contributed by atoms with E-state index in [9.17, 15) is 4.79 Å². The van der Waals surface area contributed by atoms with Gasteiger partial charge in [-0.25, -0.2) is 0 Å². The molecule has 0 saturated heterocycles. The average molecular weight is 311 g/mol. The zero-order chi connectivity index (χ0) is 15.9.